The third-order valence-corrected chi connectivity index (χ3v) is 6.99. The fraction of sp³-hybridized carbons (Fsp3) is 0.296. The van der Waals surface area contributed by atoms with E-state index in [1.54, 1.807) is 0 Å². The molecule has 2 heterocycles. The van der Waals surface area contributed by atoms with E-state index in [0.29, 0.717) is 12.1 Å². The lowest BCUT2D eigenvalue weighted by Gasteiger charge is -2.20. The van der Waals surface area contributed by atoms with E-state index < -0.39 is 48.6 Å². The molecule has 4 aromatic rings. The number of aliphatic hydroxyl groups excluding tert-OH is 3. The quantitative estimate of drug-likeness (QED) is 0.181. The summed E-state index contributed by atoms with van der Waals surface area (Å²) >= 11 is 0. The summed E-state index contributed by atoms with van der Waals surface area (Å²) in [7, 11) is 0. The second-order valence-electron chi connectivity index (χ2n) is 9.40. The Balaban J connectivity index is 1.49. The topological polar surface area (TPSA) is 183 Å². The van der Waals surface area contributed by atoms with Crippen molar-refractivity contribution < 1.29 is 30.0 Å². The van der Waals surface area contributed by atoms with Crippen LogP contribution in [0.5, 0.6) is 0 Å². The van der Waals surface area contributed by atoms with Gasteiger partial charge in [-0.15, -0.1) is 0 Å². The Morgan fingerprint density at radius 3 is 2.21 bits per heavy atom. The van der Waals surface area contributed by atoms with Crippen molar-refractivity contribution in [1.82, 2.24) is 24.8 Å². The van der Waals surface area contributed by atoms with E-state index >= 15 is 0 Å². The Kier molecular flexibility index (Phi) is 7.50. The van der Waals surface area contributed by atoms with Crippen LogP contribution in [-0.2, 0) is 4.79 Å². The molecule has 6 N–H and O–H groups in total. The van der Waals surface area contributed by atoms with Crippen molar-refractivity contribution in [2.24, 2.45) is 0 Å². The molecular weight excluding hydrogens is 504 g/mol. The van der Waals surface area contributed by atoms with Crippen molar-refractivity contribution in [2.75, 3.05) is 18.5 Å². The van der Waals surface area contributed by atoms with Gasteiger partial charge in [-0.2, -0.15) is 0 Å². The lowest BCUT2D eigenvalue weighted by Crippen LogP contribution is -2.44. The van der Waals surface area contributed by atoms with Crippen molar-refractivity contribution >= 4 is 28.9 Å². The highest BCUT2D eigenvalue weighted by atomic mass is 16.4. The number of aromatic carboxylic acids is 1. The zero-order valence-electron chi connectivity index (χ0n) is 20.8. The van der Waals surface area contributed by atoms with Gasteiger partial charge in [0, 0.05) is 12.5 Å². The van der Waals surface area contributed by atoms with Gasteiger partial charge in [0.05, 0.1) is 18.4 Å². The van der Waals surface area contributed by atoms with E-state index in [2.05, 4.69) is 25.6 Å². The molecule has 2 aromatic carbocycles. The Bertz CT molecular complexity index is 1420. The average molecular weight is 533 g/mol. The number of hydrogen-bond donors (Lipinski definition) is 6. The maximum Gasteiger partial charge on any atom is 0.374 e. The zero-order chi connectivity index (χ0) is 27.5. The van der Waals surface area contributed by atoms with E-state index in [0.717, 1.165) is 11.1 Å². The first kappa shape index (κ1) is 26.2. The number of aromatic nitrogens is 4. The molecule has 5 rings (SSSR count). The van der Waals surface area contributed by atoms with Gasteiger partial charge in [0.1, 0.15) is 24.3 Å². The van der Waals surface area contributed by atoms with Crippen LogP contribution in [0.1, 0.15) is 40.1 Å². The molecule has 39 heavy (non-hydrogen) atoms. The van der Waals surface area contributed by atoms with Gasteiger partial charge in [0.2, 0.25) is 11.7 Å². The number of carboxylic acids is 1. The molecule has 0 unspecified atom stereocenters. The zero-order valence-corrected chi connectivity index (χ0v) is 20.8. The highest BCUT2D eigenvalue weighted by Gasteiger charge is 2.44. The van der Waals surface area contributed by atoms with E-state index in [1.807, 2.05) is 60.7 Å². The fourth-order valence-electron chi connectivity index (χ4n) is 5.06. The number of anilines is 1. The molecule has 12 nitrogen and oxygen atoms in total. The van der Waals surface area contributed by atoms with Gasteiger partial charge in [-0.25, -0.2) is 19.7 Å². The molecule has 0 saturated heterocycles. The number of nitrogens with one attached hydrogen (secondary N) is 2. The molecule has 1 amide bonds. The first-order valence-electron chi connectivity index (χ1n) is 12.4. The van der Waals surface area contributed by atoms with Gasteiger partial charge in [-0.1, -0.05) is 60.7 Å². The fourth-order valence-corrected chi connectivity index (χ4v) is 5.06. The second kappa shape index (κ2) is 11.2. The molecule has 12 heteroatoms. The molecule has 0 aliphatic heterocycles. The SMILES string of the molecule is O=C(CO)N[C@H]1C[C@@H](n2cnc3c(NCC(c4ccccc4)c4ccccc4)nc(C(=O)O)nc32)[C@H](O)[C@@H]1O. The Morgan fingerprint density at radius 2 is 1.62 bits per heavy atom. The number of amides is 1. The van der Waals surface area contributed by atoms with Crippen molar-refractivity contribution in [3.8, 4) is 0 Å². The van der Waals surface area contributed by atoms with Crippen LogP contribution < -0.4 is 10.6 Å². The summed E-state index contributed by atoms with van der Waals surface area (Å²) in [6.07, 6.45) is -1.09. The average Bonchev–Trinajstić information content (AvgIpc) is 3.50. The van der Waals surface area contributed by atoms with Gasteiger partial charge in [0.15, 0.2) is 11.5 Å². The van der Waals surface area contributed by atoms with Crippen molar-refractivity contribution in [1.29, 1.82) is 0 Å². The largest absolute Gasteiger partial charge is 0.475 e. The van der Waals surface area contributed by atoms with Crippen LogP contribution in [0.25, 0.3) is 11.2 Å². The van der Waals surface area contributed by atoms with Crippen LogP contribution in [0.2, 0.25) is 0 Å². The number of fused-ring (bicyclic) bond motifs is 1. The predicted molar refractivity (Wildman–Crippen MR) is 140 cm³/mol. The van der Waals surface area contributed by atoms with E-state index in [9.17, 15) is 24.9 Å². The molecule has 0 bridgehead atoms. The molecule has 4 atom stereocenters. The van der Waals surface area contributed by atoms with Gasteiger partial charge in [0.25, 0.3) is 0 Å². The van der Waals surface area contributed by atoms with Crippen LogP contribution >= 0.6 is 0 Å². The van der Waals surface area contributed by atoms with Crippen molar-refractivity contribution in [2.45, 2.75) is 36.6 Å². The van der Waals surface area contributed by atoms with Crippen molar-refractivity contribution in [3.05, 3.63) is 83.9 Å². The smallest absolute Gasteiger partial charge is 0.374 e. The minimum atomic E-state index is -1.34. The summed E-state index contributed by atoms with van der Waals surface area (Å²) in [6, 6.07) is 18.2. The molecule has 0 radical (unpaired) electrons. The van der Waals surface area contributed by atoms with Crippen LogP contribution in [0.3, 0.4) is 0 Å². The molecule has 1 saturated carbocycles. The molecule has 1 fully saturated rings. The van der Waals surface area contributed by atoms with Crippen LogP contribution in [0.4, 0.5) is 5.82 Å². The number of rotatable bonds is 9. The van der Waals surface area contributed by atoms with Crippen LogP contribution in [0, 0.1) is 0 Å². The maximum absolute atomic E-state index is 11.9. The summed E-state index contributed by atoms with van der Waals surface area (Å²) in [5.41, 5.74) is 2.57. The summed E-state index contributed by atoms with van der Waals surface area (Å²) in [6.45, 7) is -0.374. The molecular formula is C27H28N6O6. The Morgan fingerprint density at radius 1 is 0.974 bits per heavy atom. The number of carboxylic acid groups (broad SMARTS) is 1. The van der Waals surface area contributed by atoms with Gasteiger partial charge < -0.3 is 35.6 Å². The summed E-state index contributed by atoms with van der Waals surface area (Å²) in [5, 5.41) is 45.7. The second-order valence-corrected chi connectivity index (χ2v) is 9.40. The molecule has 0 spiro atoms. The third kappa shape index (κ3) is 5.30. The number of benzene rings is 2. The predicted octanol–water partition coefficient (Wildman–Crippen LogP) is 0.912. The monoisotopic (exact) mass is 532 g/mol. The van der Waals surface area contributed by atoms with E-state index in [-0.39, 0.29) is 23.8 Å². The molecule has 2 aromatic heterocycles. The number of carbonyl (C=O) groups excluding carboxylic acids is 1. The van der Waals surface area contributed by atoms with Gasteiger partial charge in [-0.3, -0.25) is 4.79 Å². The van der Waals surface area contributed by atoms with Crippen LogP contribution in [0.15, 0.2) is 67.0 Å². The number of hydrogen-bond acceptors (Lipinski definition) is 9. The highest BCUT2D eigenvalue weighted by Crippen LogP contribution is 2.34. The lowest BCUT2D eigenvalue weighted by molar-refractivity contribution is -0.125. The summed E-state index contributed by atoms with van der Waals surface area (Å²) in [4.78, 5) is 36.4. The minimum absolute atomic E-state index is 0.0736. The highest BCUT2D eigenvalue weighted by molar-refractivity contribution is 5.90. The Hall–Kier alpha value is -4.39. The van der Waals surface area contributed by atoms with E-state index in [1.165, 1.54) is 10.9 Å². The van der Waals surface area contributed by atoms with Gasteiger partial charge in [-0.05, 0) is 17.5 Å². The normalized spacial score (nSPS) is 20.8. The molecule has 1 aliphatic carbocycles. The minimum Gasteiger partial charge on any atom is -0.475 e. The third-order valence-electron chi connectivity index (χ3n) is 6.99. The first-order chi connectivity index (χ1) is 18.9. The standard InChI is InChI=1S/C27H28N6O6/c34-13-20(35)30-18-11-19(23(37)22(18)36)33-14-29-21-24(31-25(27(38)39)32-26(21)33)28-12-17(15-7-3-1-4-8-15)16-9-5-2-6-10-16/h1-10,14,17-19,22-23,34,36-37H,11-13H2,(H,30,35)(H,38,39)(H,28,31,32)/t18-,19+,22+,23-/m0/s1. The lowest BCUT2D eigenvalue weighted by atomic mass is 9.91. The maximum atomic E-state index is 11.9. The van der Waals surface area contributed by atoms with Gasteiger partial charge >= 0.3 is 5.97 Å². The van der Waals surface area contributed by atoms with Crippen LogP contribution in [-0.4, -0.2) is 83.2 Å². The first-order valence-corrected chi connectivity index (χ1v) is 12.4. The number of imidazole rings is 1. The number of aliphatic hydroxyl groups is 3. The molecule has 202 valence electrons. The number of carbonyl (C=O) groups is 2. The number of nitrogens with zero attached hydrogens (tertiary/aromatic N) is 4. The summed E-state index contributed by atoms with van der Waals surface area (Å²) in [5.74, 6) is -2.34. The summed E-state index contributed by atoms with van der Waals surface area (Å²) < 4.78 is 1.49. The van der Waals surface area contributed by atoms with E-state index in [4.69, 9.17) is 5.11 Å². The Labute approximate surface area is 223 Å². The van der Waals surface area contributed by atoms with Crippen molar-refractivity contribution in [3.63, 3.8) is 0 Å². The molecule has 1 aliphatic rings.